The first-order chi connectivity index (χ1) is 11.7. The van der Waals surface area contributed by atoms with Gasteiger partial charge in [0.05, 0.1) is 18.4 Å². The third-order valence-electron chi connectivity index (χ3n) is 4.01. The second-order valence-corrected chi connectivity index (χ2v) is 5.66. The molecule has 1 fully saturated rings. The number of rotatable bonds is 5. The van der Waals surface area contributed by atoms with Gasteiger partial charge in [0.2, 0.25) is 0 Å². The number of esters is 1. The predicted octanol–water partition coefficient (Wildman–Crippen LogP) is 2.74. The topological polar surface area (TPSA) is 91.2 Å². The van der Waals surface area contributed by atoms with Crippen LogP contribution in [0.1, 0.15) is 42.5 Å². The Morgan fingerprint density at radius 1 is 1.25 bits per heavy atom. The van der Waals surface area contributed by atoms with E-state index in [0.717, 1.165) is 25.7 Å². The summed E-state index contributed by atoms with van der Waals surface area (Å²) < 4.78 is 4.71. The van der Waals surface area contributed by atoms with Gasteiger partial charge in [-0.1, -0.05) is 31.4 Å². The number of carbonyl (C=O) groups is 2. The van der Waals surface area contributed by atoms with Crippen molar-refractivity contribution in [1.82, 2.24) is 5.32 Å². The molecule has 126 valence electrons. The van der Waals surface area contributed by atoms with Crippen LogP contribution in [-0.4, -0.2) is 25.0 Å². The highest BCUT2D eigenvalue weighted by molar-refractivity contribution is 5.99. The van der Waals surface area contributed by atoms with E-state index in [1.165, 1.54) is 19.7 Å². The molecule has 6 heteroatoms. The van der Waals surface area contributed by atoms with Gasteiger partial charge in [-0.2, -0.15) is 5.26 Å². The zero-order valence-corrected chi connectivity index (χ0v) is 13.7. The molecule has 0 radical (unpaired) electrons. The van der Waals surface area contributed by atoms with Gasteiger partial charge in [0, 0.05) is 12.2 Å². The number of hydrogen-bond donors (Lipinski definition) is 2. The van der Waals surface area contributed by atoms with Crippen LogP contribution in [0.3, 0.4) is 0 Å². The molecule has 0 saturated heterocycles. The lowest BCUT2D eigenvalue weighted by atomic mass is 9.95. The van der Waals surface area contributed by atoms with Crippen LogP contribution >= 0.6 is 0 Å². The smallest absolute Gasteiger partial charge is 0.339 e. The Bertz CT molecular complexity index is 670. The molecule has 0 spiro atoms. The number of para-hydroxylation sites is 1. The van der Waals surface area contributed by atoms with Crippen LogP contribution in [0.25, 0.3) is 0 Å². The summed E-state index contributed by atoms with van der Waals surface area (Å²) in [5.74, 6) is -0.885. The monoisotopic (exact) mass is 327 g/mol. The summed E-state index contributed by atoms with van der Waals surface area (Å²) in [5.41, 5.74) is 0.782. The molecule has 24 heavy (non-hydrogen) atoms. The van der Waals surface area contributed by atoms with E-state index in [1.54, 1.807) is 24.3 Å². The molecule has 1 aromatic rings. The van der Waals surface area contributed by atoms with Crippen molar-refractivity contribution in [2.45, 2.75) is 38.1 Å². The van der Waals surface area contributed by atoms with Gasteiger partial charge in [0.25, 0.3) is 5.91 Å². The number of anilines is 1. The van der Waals surface area contributed by atoms with E-state index >= 15 is 0 Å². The van der Waals surface area contributed by atoms with E-state index in [1.807, 2.05) is 6.07 Å². The molecule has 1 aliphatic rings. The van der Waals surface area contributed by atoms with Crippen LogP contribution in [0, 0.1) is 11.3 Å². The highest BCUT2D eigenvalue weighted by atomic mass is 16.5. The number of nitrogens with one attached hydrogen (secondary N) is 2. The first-order valence-corrected chi connectivity index (χ1v) is 8.00. The Labute approximate surface area is 141 Å². The fourth-order valence-corrected chi connectivity index (χ4v) is 2.71. The van der Waals surface area contributed by atoms with Crippen molar-refractivity contribution in [3.8, 4) is 6.07 Å². The first kappa shape index (κ1) is 17.5. The van der Waals surface area contributed by atoms with Crippen molar-refractivity contribution < 1.29 is 14.3 Å². The molecule has 2 rings (SSSR count). The third-order valence-corrected chi connectivity index (χ3v) is 4.01. The summed E-state index contributed by atoms with van der Waals surface area (Å²) in [4.78, 5) is 23.9. The van der Waals surface area contributed by atoms with Crippen molar-refractivity contribution in [3.05, 3.63) is 41.6 Å². The van der Waals surface area contributed by atoms with Crippen molar-refractivity contribution in [1.29, 1.82) is 5.26 Å². The van der Waals surface area contributed by atoms with Crippen molar-refractivity contribution in [2.75, 3.05) is 12.4 Å². The van der Waals surface area contributed by atoms with E-state index in [2.05, 4.69) is 10.6 Å². The molecule has 6 nitrogen and oxygen atoms in total. The van der Waals surface area contributed by atoms with Gasteiger partial charge < -0.3 is 15.4 Å². The van der Waals surface area contributed by atoms with Crippen molar-refractivity contribution in [2.24, 2.45) is 0 Å². The molecule has 0 unspecified atom stereocenters. The molecular formula is C18H21N3O3. The Morgan fingerprint density at radius 3 is 2.62 bits per heavy atom. The van der Waals surface area contributed by atoms with E-state index in [4.69, 9.17) is 4.74 Å². The molecule has 0 aliphatic heterocycles. The summed E-state index contributed by atoms with van der Waals surface area (Å²) in [7, 11) is 1.30. The Kier molecular flexibility index (Phi) is 6.38. The standard InChI is InChI=1S/C18H21N3O3/c1-24-18(23)15-9-5-6-10-16(15)20-12-13(11-19)17(22)21-14-7-3-2-4-8-14/h5-6,9-10,12,14,20H,2-4,7-8H2,1H3,(H,21,22). The van der Waals surface area contributed by atoms with E-state index in [0.29, 0.717) is 11.3 Å². The normalized spacial score (nSPS) is 15.2. The van der Waals surface area contributed by atoms with E-state index < -0.39 is 11.9 Å². The van der Waals surface area contributed by atoms with Crippen LogP contribution < -0.4 is 10.6 Å². The van der Waals surface area contributed by atoms with Crippen LogP contribution in [-0.2, 0) is 9.53 Å². The number of amides is 1. The van der Waals surface area contributed by atoms with Crippen LogP contribution in [0.5, 0.6) is 0 Å². The van der Waals surface area contributed by atoms with Gasteiger partial charge in [-0.3, -0.25) is 4.79 Å². The van der Waals surface area contributed by atoms with Crippen LogP contribution in [0.4, 0.5) is 5.69 Å². The van der Waals surface area contributed by atoms with Gasteiger partial charge in [0.15, 0.2) is 0 Å². The second-order valence-electron chi connectivity index (χ2n) is 5.66. The van der Waals surface area contributed by atoms with Gasteiger partial charge in [-0.25, -0.2) is 4.79 Å². The van der Waals surface area contributed by atoms with Gasteiger partial charge >= 0.3 is 5.97 Å². The largest absolute Gasteiger partial charge is 0.465 e. The van der Waals surface area contributed by atoms with Gasteiger partial charge in [-0.05, 0) is 25.0 Å². The molecule has 0 bridgehead atoms. The number of nitrogens with zero attached hydrogens (tertiary/aromatic N) is 1. The second kappa shape index (κ2) is 8.73. The fourth-order valence-electron chi connectivity index (χ4n) is 2.71. The van der Waals surface area contributed by atoms with E-state index in [9.17, 15) is 14.9 Å². The molecule has 1 aromatic carbocycles. The minimum atomic E-state index is -0.489. The molecule has 1 amide bonds. The highest BCUT2D eigenvalue weighted by Crippen LogP contribution is 2.18. The van der Waals surface area contributed by atoms with Crippen LogP contribution in [0.15, 0.2) is 36.0 Å². The molecule has 1 aliphatic carbocycles. The maximum atomic E-state index is 12.2. The number of nitriles is 1. The van der Waals surface area contributed by atoms with Crippen molar-refractivity contribution in [3.63, 3.8) is 0 Å². The minimum Gasteiger partial charge on any atom is -0.465 e. The summed E-state index contributed by atoms with van der Waals surface area (Å²) in [6.45, 7) is 0. The summed E-state index contributed by atoms with van der Waals surface area (Å²) in [5, 5.41) is 15.0. The quantitative estimate of drug-likeness (QED) is 0.493. The number of benzene rings is 1. The maximum absolute atomic E-state index is 12.2. The first-order valence-electron chi connectivity index (χ1n) is 8.00. The summed E-state index contributed by atoms with van der Waals surface area (Å²) >= 11 is 0. The highest BCUT2D eigenvalue weighted by Gasteiger charge is 2.18. The van der Waals surface area contributed by atoms with Gasteiger partial charge in [0.1, 0.15) is 11.6 Å². The lowest BCUT2D eigenvalue weighted by molar-refractivity contribution is -0.118. The molecule has 0 aromatic heterocycles. The molecular weight excluding hydrogens is 306 g/mol. The van der Waals surface area contributed by atoms with Crippen LogP contribution in [0.2, 0.25) is 0 Å². The Morgan fingerprint density at radius 2 is 1.96 bits per heavy atom. The number of hydrogen-bond acceptors (Lipinski definition) is 5. The molecule has 2 N–H and O–H groups in total. The molecule has 0 atom stereocenters. The Hall–Kier alpha value is -2.81. The predicted molar refractivity (Wildman–Crippen MR) is 90.1 cm³/mol. The Balaban J connectivity index is 2.07. The fraction of sp³-hybridized carbons (Fsp3) is 0.389. The number of methoxy groups -OCH3 is 1. The molecule has 1 saturated carbocycles. The minimum absolute atomic E-state index is 0.0276. The average Bonchev–Trinajstić information content (AvgIpc) is 2.62. The zero-order chi connectivity index (χ0) is 17.4. The van der Waals surface area contributed by atoms with E-state index in [-0.39, 0.29) is 11.6 Å². The molecule has 0 heterocycles. The average molecular weight is 327 g/mol. The number of ether oxygens (including phenoxy) is 1. The zero-order valence-electron chi connectivity index (χ0n) is 13.7. The third kappa shape index (κ3) is 4.59. The summed E-state index contributed by atoms with van der Waals surface area (Å²) in [6.07, 6.45) is 6.60. The SMILES string of the molecule is COC(=O)c1ccccc1NC=C(C#N)C(=O)NC1CCCCC1. The lowest BCUT2D eigenvalue weighted by Gasteiger charge is -2.22. The summed E-state index contributed by atoms with van der Waals surface area (Å²) in [6, 6.07) is 8.77. The van der Waals surface area contributed by atoms with Gasteiger partial charge in [-0.15, -0.1) is 0 Å². The van der Waals surface area contributed by atoms with Crippen molar-refractivity contribution >= 4 is 17.6 Å². The number of carbonyl (C=O) groups excluding carboxylic acids is 2. The maximum Gasteiger partial charge on any atom is 0.339 e. The lowest BCUT2D eigenvalue weighted by Crippen LogP contribution is -2.37.